The maximum absolute atomic E-state index is 12.6. The van der Waals surface area contributed by atoms with E-state index in [1.54, 1.807) is 4.90 Å². The van der Waals surface area contributed by atoms with Gasteiger partial charge in [0.25, 0.3) is 0 Å². The van der Waals surface area contributed by atoms with Gasteiger partial charge in [-0.05, 0) is 18.2 Å². The molecule has 3 N–H and O–H groups in total. The van der Waals surface area contributed by atoms with Crippen LogP contribution in [0.1, 0.15) is 5.56 Å². The number of aliphatic hydroxyl groups excluding tert-OH is 1. The minimum Gasteiger partial charge on any atom is -0.397 e. The number of aliphatic hydroxyl groups is 1. The quantitative estimate of drug-likeness (QED) is 0.803. The van der Waals surface area contributed by atoms with Crippen molar-refractivity contribution in [2.24, 2.45) is 0 Å². The Labute approximate surface area is 108 Å². The summed E-state index contributed by atoms with van der Waals surface area (Å²) < 4.78 is 42.9. The zero-order chi connectivity index (χ0) is 14.0. The first kappa shape index (κ1) is 14.0. The van der Waals surface area contributed by atoms with E-state index in [4.69, 9.17) is 10.5 Å². The first-order valence-electron chi connectivity index (χ1n) is 5.85. The lowest BCUT2D eigenvalue weighted by molar-refractivity contribution is -0.137. The Morgan fingerprint density at radius 3 is 2.74 bits per heavy atom. The number of nitrogens with zero attached hydrogens (tertiary/aromatic N) is 1. The summed E-state index contributed by atoms with van der Waals surface area (Å²) in [6.07, 6.45) is -4.41. The predicted molar refractivity (Wildman–Crippen MR) is 64.9 cm³/mol. The molecule has 1 heterocycles. The molecule has 0 amide bonds. The Morgan fingerprint density at radius 2 is 2.16 bits per heavy atom. The van der Waals surface area contributed by atoms with Crippen LogP contribution in [-0.4, -0.2) is 37.5 Å². The van der Waals surface area contributed by atoms with Gasteiger partial charge in [-0.25, -0.2) is 0 Å². The number of morpholine rings is 1. The summed E-state index contributed by atoms with van der Waals surface area (Å²) in [6.45, 7) is 1.13. The zero-order valence-corrected chi connectivity index (χ0v) is 10.2. The zero-order valence-electron chi connectivity index (χ0n) is 10.2. The Morgan fingerprint density at radius 1 is 1.42 bits per heavy atom. The average Bonchev–Trinajstić information content (AvgIpc) is 2.37. The molecule has 2 rings (SSSR count). The van der Waals surface area contributed by atoms with Gasteiger partial charge in [0.2, 0.25) is 0 Å². The lowest BCUT2D eigenvalue weighted by Crippen LogP contribution is -2.47. The van der Waals surface area contributed by atoms with Crippen molar-refractivity contribution in [2.45, 2.75) is 12.2 Å². The topological polar surface area (TPSA) is 58.7 Å². The van der Waals surface area contributed by atoms with E-state index in [1.165, 1.54) is 6.07 Å². The maximum atomic E-state index is 12.6. The van der Waals surface area contributed by atoms with Crippen LogP contribution in [0, 0.1) is 0 Å². The highest BCUT2D eigenvalue weighted by Gasteiger charge is 2.32. The van der Waals surface area contributed by atoms with Gasteiger partial charge in [-0.1, -0.05) is 0 Å². The number of hydrogen-bond acceptors (Lipinski definition) is 4. The van der Waals surface area contributed by atoms with E-state index in [0.717, 1.165) is 12.1 Å². The highest BCUT2D eigenvalue weighted by Crippen LogP contribution is 2.34. The van der Waals surface area contributed by atoms with Gasteiger partial charge in [0.05, 0.1) is 42.8 Å². The fraction of sp³-hybridized carbons (Fsp3) is 0.500. The van der Waals surface area contributed by atoms with Gasteiger partial charge < -0.3 is 20.5 Å². The Bertz CT molecular complexity index is 451. The third-order valence-electron chi connectivity index (χ3n) is 3.10. The molecular formula is C12H15F3N2O2. The molecule has 0 spiro atoms. The first-order chi connectivity index (χ1) is 8.93. The van der Waals surface area contributed by atoms with Crippen LogP contribution < -0.4 is 10.6 Å². The Kier molecular flexibility index (Phi) is 3.86. The molecule has 0 aliphatic carbocycles. The predicted octanol–water partition coefficient (Wildman–Crippen LogP) is 1.49. The molecule has 1 fully saturated rings. The minimum absolute atomic E-state index is 0.0511. The summed E-state index contributed by atoms with van der Waals surface area (Å²) in [4.78, 5) is 1.78. The fourth-order valence-electron chi connectivity index (χ4n) is 2.12. The summed E-state index contributed by atoms with van der Waals surface area (Å²) >= 11 is 0. The average molecular weight is 276 g/mol. The van der Waals surface area contributed by atoms with Gasteiger partial charge in [0.15, 0.2) is 0 Å². The van der Waals surface area contributed by atoms with Gasteiger partial charge in [0, 0.05) is 6.54 Å². The first-order valence-corrected chi connectivity index (χ1v) is 5.85. The van der Waals surface area contributed by atoms with E-state index in [9.17, 15) is 18.3 Å². The van der Waals surface area contributed by atoms with Crippen molar-refractivity contribution in [3.05, 3.63) is 23.8 Å². The molecule has 1 aliphatic rings. The van der Waals surface area contributed by atoms with Crippen LogP contribution in [0.15, 0.2) is 18.2 Å². The number of halogens is 3. The number of nitrogens with two attached hydrogens (primary N) is 1. The second-order valence-corrected chi connectivity index (χ2v) is 4.38. The lowest BCUT2D eigenvalue weighted by Gasteiger charge is -2.37. The Balaban J connectivity index is 2.30. The van der Waals surface area contributed by atoms with Crippen molar-refractivity contribution in [3.8, 4) is 0 Å². The molecule has 0 aromatic heterocycles. The Hall–Kier alpha value is -1.47. The van der Waals surface area contributed by atoms with Crippen molar-refractivity contribution in [3.63, 3.8) is 0 Å². The number of alkyl halides is 3. The summed E-state index contributed by atoms with van der Waals surface area (Å²) in [5.74, 6) is 0. The highest BCUT2D eigenvalue weighted by atomic mass is 19.4. The summed E-state index contributed by atoms with van der Waals surface area (Å²) in [7, 11) is 0. The number of ether oxygens (including phenoxy) is 1. The molecule has 106 valence electrons. The SMILES string of the molecule is Nc1cc(C(F)(F)F)ccc1N1CCOCC1CO. The van der Waals surface area contributed by atoms with Crippen LogP contribution in [0.3, 0.4) is 0 Å². The number of anilines is 2. The van der Waals surface area contributed by atoms with E-state index >= 15 is 0 Å². The van der Waals surface area contributed by atoms with Gasteiger partial charge in [-0.15, -0.1) is 0 Å². The number of benzene rings is 1. The summed E-state index contributed by atoms with van der Waals surface area (Å²) in [6, 6.07) is 2.97. The molecule has 0 bridgehead atoms. The van der Waals surface area contributed by atoms with E-state index in [2.05, 4.69) is 0 Å². The van der Waals surface area contributed by atoms with Crippen molar-refractivity contribution in [1.82, 2.24) is 0 Å². The largest absolute Gasteiger partial charge is 0.416 e. The second-order valence-electron chi connectivity index (χ2n) is 4.38. The lowest BCUT2D eigenvalue weighted by atomic mass is 10.1. The van der Waals surface area contributed by atoms with Crippen LogP contribution in [0.4, 0.5) is 24.5 Å². The third kappa shape index (κ3) is 2.93. The molecule has 1 atom stereocenters. The van der Waals surface area contributed by atoms with Crippen molar-refractivity contribution < 1.29 is 23.0 Å². The van der Waals surface area contributed by atoms with Crippen LogP contribution >= 0.6 is 0 Å². The molecule has 1 aromatic carbocycles. The molecule has 0 saturated carbocycles. The van der Waals surface area contributed by atoms with E-state index < -0.39 is 11.7 Å². The van der Waals surface area contributed by atoms with Crippen LogP contribution in [0.25, 0.3) is 0 Å². The maximum Gasteiger partial charge on any atom is 0.416 e. The van der Waals surface area contributed by atoms with Gasteiger partial charge >= 0.3 is 6.18 Å². The number of hydrogen-bond donors (Lipinski definition) is 2. The molecule has 4 nitrogen and oxygen atoms in total. The molecule has 1 saturated heterocycles. The normalized spacial score (nSPS) is 20.6. The molecule has 1 aliphatic heterocycles. The van der Waals surface area contributed by atoms with Crippen molar-refractivity contribution in [1.29, 1.82) is 0 Å². The summed E-state index contributed by atoms with van der Waals surface area (Å²) in [5.41, 5.74) is 5.47. The second kappa shape index (κ2) is 5.26. The van der Waals surface area contributed by atoms with Crippen LogP contribution in [-0.2, 0) is 10.9 Å². The smallest absolute Gasteiger partial charge is 0.397 e. The minimum atomic E-state index is -4.41. The number of rotatable bonds is 2. The van der Waals surface area contributed by atoms with Crippen molar-refractivity contribution in [2.75, 3.05) is 37.0 Å². The fourth-order valence-corrected chi connectivity index (χ4v) is 2.12. The van der Waals surface area contributed by atoms with E-state index in [0.29, 0.717) is 25.4 Å². The highest BCUT2D eigenvalue weighted by molar-refractivity contribution is 5.69. The number of nitrogen functional groups attached to an aromatic ring is 1. The third-order valence-corrected chi connectivity index (χ3v) is 3.10. The molecule has 1 unspecified atom stereocenters. The van der Waals surface area contributed by atoms with Crippen molar-refractivity contribution >= 4 is 11.4 Å². The van der Waals surface area contributed by atoms with Gasteiger partial charge in [0.1, 0.15) is 0 Å². The molecular weight excluding hydrogens is 261 g/mol. The van der Waals surface area contributed by atoms with E-state index in [-0.39, 0.29) is 18.3 Å². The van der Waals surface area contributed by atoms with Gasteiger partial charge in [-0.3, -0.25) is 0 Å². The standard InChI is InChI=1S/C12H15F3N2O2/c13-12(14,15)8-1-2-11(10(16)5-8)17-3-4-19-7-9(17)6-18/h1-2,5,9,18H,3-4,6-7,16H2. The van der Waals surface area contributed by atoms with E-state index in [1.807, 2.05) is 0 Å². The van der Waals surface area contributed by atoms with Gasteiger partial charge in [-0.2, -0.15) is 13.2 Å². The van der Waals surface area contributed by atoms with Crippen LogP contribution in [0.2, 0.25) is 0 Å². The molecule has 1 aromatic rings. The monoisotopic (exact) mass is 276 g/mol. The molecule has 7 heteroatoms. The molecule has 0 radical (unpaired) electrons. The van der Waals surface area contributed by atoms with Crippen LogP contribution in [0.5, 0.6) is 0 Å². The molecule has 19 heavy (non-hydrogen) atoms. The summed E-state index contributed by atoms with van der Waals surface area (Å²) in [5, 5.41) is 9.26.